The van der Waals surface area contributed by atoms with Gasteiger partial charge in [-0.05, 0) is 48.8 Å². The molecule has 32 heavy (non-hydrogen) atoms. The van der Waals surface area contributed by atoms with Crippen LogP contribution < -0.4 is 10.9 Å². The second kappa shape index (κ2) is 10.1. The highest BCUT2D eigenvalue weighted by Crippen LogP contribution is 2.21. The van der Waals surface area contributed by atoms with Crippen molar-refractivity contribution >= 4 is 11.8 Å². The van der Waals surface area contributed by atoms with E-state index in [1.54, 1.807) is 16.4 Å². The predicted octanol–water partition coefficient (Wildman–Crippen LogP) is 2.29. The summed E-state index contributed by atoms with van der Waals surface area (Å²) in [7, 11) is 0. The lowest BCUT2D eigenvalue weighted by molar-refractivity contribution is -0.129. The van der Waals surface area contributed by atoms with Gasteiger partial charge >= 0.3 is 0 Å². The molecule has 0 bridgehead atoms. The van der Waals surface area contributed by atoms with E-state index in [-0.39, 0.29) is 29.0 Å². The lowest BCUT2D eigenvalue weighted by atomic mass is 9.95. The molecule has 1 aromatic heterocycles. The van der Waals surface area contributed by atoms with Crippen molar-refractivity contribution in [1.82, 2.24) is 14.8 Å². The van der Waals surface area contributed by atoms with Crippen molar-refractivity contribution in [2.75, 3.05) is 19.7 Å². The predicted molar refractivity (Wildman–Crippen MR) is 122 cm³/mol. The molecule has 1 aromatic carbocycles. The molecule has 2 aliphatic rings. The van der Waals surface area contributed by atoms with Gasteiger partial charge in [-0.15, -0.1) is 0 Å². The minimum Gasteiger partial charge on any atom is -0.376 e. The molecule has 0 saturated carbocycles. The highest BCUT2D eigenvalue weighted by atomic mass is 16.5. The number of amides is 2. The van der Waals surface area contributed by atoms with Gasteiger partial charge in [-0.3, -0.25) is 14.4 Å². The van der Waals surface area contributed by atoms with Crippen molar-refractivity contribution in [2.45, 2.75) is 58.2 Å². The summed E-state index contributed by atoms with van der Waals surface area (Å²) >= 11 is 0. The monoisotopic (exact) mass is 437 g/mol. The number of rotatable bonds is 6. The molecule has 2 amide bonds. The highest BCUT2D eigenvalue weighted by Gasteiger charge is 2.27. The molecule has 1 unspecified atom stereocenters. The SMILES string of the molecule is CC(=O)N1CCc2c(cn(CCc3ccccc3)c(=O)c2C(=O)NCC2CCCCO2)C1. The van der Waals surface area contributed by atoms with Gasteiger partial charge in [0.2, 0.25) is 5.91 Å². The number of benzene rings is 1. The molecule has 170 valence electrons. The van der Waals surface area contributed by atoms with E-state index in [2.05, 4.69) is 5.32 Å². The van der Waals surface area contributed by atoms with E-state index >= 15 is 0 Å². The van der Waals surface area contributed by atoms with Crippen LogP contribution in [0.5, 0.6) is 0 Å². The fraction of sp³-hybridized carbons (Fsp3) is 0.480. The lowest BCUT2D eigenvalue weighted by Gasteiger charge is -2.30. The maximum absolute atomic E-state index is 13.4. The van der Waals surface area contributed by atoms with Crippen LogP contribution in [0.3, 0.4) is 0 Å². The first-order valence-corrected chi connectivity index (χ1v) is 11.5. The van der Waals surface area contributed by atoms with Crippen molar-refractivity contribution in [2.24, 2.45) is 0 Å². The van der Waals surface area contributed by atoms with E-state index in [0.717, 1.165) is 36.0 Å². The zero-order valence-corrected chi connectivity index (χ0v) is 18.6. The molecule has 4 rings (SSSR count). The Hall–Kier alpha value is -2.93. The molecule has 2 aliphatic heterocycles. The Morgan fingerprint density at radius 1 is 1.19 bits per heavy atom. The van der Waals surface area contributed by atoms with Crippen LogP contribution >= 0.6 is 0 Å². The molecule has 1 saturated heterocycles. The van der Waals surface area contributed by atoms with Crippen LogP contribution in [0, 0.1) is 0 Å². The normalized spacial score (nSPS) is 18.2. The number of aryl methyl sites for hydroxylation is 2. The first kappa shape index (κ1) is 22.3. The van der Waals surface area contributed by atoms with Gasteiger partial charge in [0.25, 0.3) is 11.5 Å². The summed E-state index contributed by atoms with van der Waals surface area (Å²) in [5.74, 6) is -0.344. The molecular weight excluding hydrogens is 406 g/mol. The van der Waals surface area contributed by atoms with Gasteiger partial charge in [-0.25, -0.2) is 0 Å². The third-order valence-electron chi connectivity index (χ3n) is 6.39. The van der Waals surface area contributed by atoms with E-state index in [9.17, 15) is 14.4 Å². The highest BCUT2D eigenvalue weighted by molar-refractivity contribution is 5.95. The summed E-state index contributed by atoms with van der Waals surface area (Å²) in [6.45, 7) is 4.08. The Balaban J connectivity index is 1.60. The van der Waals surface area contributed by atoms with E-state index in [4.69, 9.17) is 4.74 Å². The molecule has 0 aliphatic carbocycles. The van der Waals surface area contributed by atoms with Gasteiger partial charge in [0, 0.05) is 45.9 Å². The number of ether oxygens (including phenoxy) is 1. The number of nitrogens with one attached hydrogen (secondary N) is 1. The van der Waals surface area contributed by atoms with Crippen LogP contribution in [0.4, 0.5) is 0 Å². The van der Waals surface area contributed by atoms with Crippen molar-refractivity contribution < 1.29 is 14.3 Å². The summed E-state index contributed by atoms with van der Waals surface area (Å²) in [6.07, 6.45) is 6.09. The van der Waals surface area contributed by atoms with Gasteiger partial charge in [-0.2, -0.15) is 0 Å². The summed E-state index contributed by atoms with van der Waals surface area (Å²) in [4.78, 5) is 40.2. The number of hydrogen-bond acceptors (Lipinski definition) is 4. The molecule has 1 N–H and O–H groups in total. The zero-order valence-electron chi connectivity index (χ0n) is 18.6. The molecule has 2 aromatic rings. The standard InChI is InChI=1S/C25H31N3O4/c1-18(29)27-13-11-22-20(16-27)17-28(12-10-19-7-3-2-4-8-19)25(31)23(22)24(30)26-15-21-9-5-6-14-32-21/h2-4,7-8,17,21H,5-6,9-16H2,1H3,(H,26,30). The largest absolute Gasteiger partial charge is 0.376 e. The van der Waals surface area contributed by atoms with Gasteiger partial charge in [-0.1, -0.05) is 30.3 Å². The number of pyridine rings is 1. The summed E-state index contributed by atoms with van der Waals surface area (Å²) in [6, 6.07) is 9.96. The van der Waals surface area contributed by atoms with Crippen molar-refractivity contribution in [3.8, 4) is 0 Å². The summed E-state index contributed by atoms with van der Waals surface area (Å²) in [5, 5.41) is 2.94. The number of hydrogen-bond donors (Lipinski definition) is 1. The number of aromatic nitrogens is 1. The fourth-order valence-electron chi connectivity index (χ4n) is 4.54. The maximum Gasteiger partial charge on any atom is 0.263 e. The van der Waals surface area contributed by atoms with Gasteiger partial charge in [0.15, 0.2) is 0 Å². The van der Waals surface area contributed by atoms with Crippen LogP contribution in [-0.4, -0.2) is 47.1 Å². The Labute approximate surface area is 188 Å². The number of fused-ring (bicyclic) bond motifs is 1. The van der Waals surface area contributed by atoms with Crippen LogP contribution in [0.15, 0.2) is 41.3 Å². The Morgan fingerprint density at radius 3 is 2.72 bits per heavy atom. The second-order valence-corrected chi connectivity index (χ2v) is 8.63. The Bertz CT molecular complexity index is 1030. The molecule has 1 atom stereocenters. The molecular formula is C25H31N3O4. The van der Waals surface area contributed by atoms with Crippen molar-refractivity contribution in [3.05, 3.63) is 69.1 Å². The Morgan fingerprint density at radius 2 is 2.00 bits per heavy atom. The molecule has 7 nitrogen and oxygen atoms in total. The van der Waals surface area contributed by atoms with E-state index < -0.39 is 0 Å². The Kier molecular flexibility index (Phi) is 7.05. The van der Waals surface area contributed by atoms with E-state index in [1.165, 1.54) is 0 Å². The van der Waals surface area contributed by atoms with Gasteiger partial charge < -0.3 is 19.5 Å². The number of nitrogens with zero attached hydrogens (tertiary/aromatic N) is 2. The fourth-order valence-corrected chi connectivity index (χ4v) is 4.54. The second-order valence-electron chi connectivity index (χ2n) is 8.63. The quantitative estimate of drug-likeness (QED) is 0.752. The average molecular weight is 438 g/mol. The smallest absolute Gasteiger partial charge is 0.263 e. The van der Waals surface area contributed by atoms with Crippen LogP contribution in [-0.2, 0) is 35.5 Å². The zero-order chi connectivity index (χ0) is 22.5. The lowest BCUT2D eigenvalue weighted by Crippen LogP contribution is -2.42. The topological polar surface area (TPSA) is 80.6 Å². The number of carbonyl (C=O) groups excluding carboxylic acids is 2. The maximum atomic E-state index is 13.4. The molecule has 7 heteroatoms. The number of carbonyl (C=O) groups is 2. The van der Waals surface area contributed by atoms with E-state index in [1.807, 2.05) is 36.5 Å². The van der Waals surface area contributed by atoms with Gasteiger partial charge in [0.05, 0.1) is 6.10 Å². The molecule has 0 spiro atoms. The third-order valence-corrected chi connectivity index (χ3v) is 6.39. The first-order chi connectivity index (χ1) is 15.5. The van der Waals surface area contributed by atoms with Crippen molar-refractivity contribution in [1.29, 1.82) is 0 Å². The van der Waals surface area contributed by atoms with Gasteiger partial charge in [0.1, 0.15) is 5.56 Å². The van der Waals surface area contributed by atoms with Crippen molar-refractivity contribution in [3.63, 3.8) is 0 Å². The van der Waals surface area contributed by atoms with Crippen LogP contribution in [0.1, 0.15) is 53.2 Å². The summed E-state index contributed by atoms with van der Waals surface area (Å²) < 4.78 is 7.34. The van der Waals surface area contributed by atoms with Crippen LogP contribution in [0.2, 0.25) is 0 Å². The average Bonchev–Trinajstić information content (AvgIpc) is 2.82. The molecule has 3 heterocycles. The third kappa shape index (κ3) is 5.10. The minimum absolute atomic E-state index is 0.000694. The minimum atomic E-state index is -0.342. The molecule has 1 fully saturated rings. The molecule has 0 radical (unpaired) electrons. The first-order valence-electron chi connectivity index (χ1n) is 11.5. The van der Waals surface area contributed by atoms with E-state index in [0.29, 0.717) is 45.6 Å². The van der Waals surface area contributed by atoms with Crippen LogP contribution in [0.25, 0.3) is 0 Å². The summed E-state index contributed by atoms with van der Waals surface area (Å²) in [5.41, 5.74) is 2.72.